The van der Waals surface area contributed by atoms with Gasteiger partial charge in [0.1, 0.15) is 4.90 Å². The van der Waals surface area contributed by atoms with Crippen molar-refractivity contribution in [2.75, 3.05) is 4.72 Å². The molecule has 0 spiro atoms. The molecule has 0 aliphatic heterocycles. The zero-order valence-corrected chi connectivity index (χ0v) is 13.4. The van der Waals surface area contributed by atoms with E-state index < -0.39 is 10.0 Å². The molecule has 114 valence electrons. The van der Waals surface area contributed by atoms with Gasteiger partial charge in [0.15, 0.2) is 0 Å². The highest BCUT2D eigenvalue weighted by atomic mass is 35.5. The molecule has 2 aromatic rings. The summed E-state index contributed by atoms with van der Waals surface area (Å²) in [6.45, 7) is 4.65. The van der Waals surface area contributed by atoms with Crippen LogP contribution in [0.1, 0.15) is 19.5 Å². The lowest BCUT2D eigenvalue weighted by atomic mass is 10.3. The minimum Gasteiger partial charge on any atom is -0.363 e. The molecule has 0 saturated heterocycles. The highest BCUT2D eigenvalue weighted by molar-refractivity contribution is 7.92. The average molecular weight is 328 g/mol. The monoisotopic (exact) mass is 327 g/mol. The van der Waals surface area contributed by atoms with E-state index in [-0.39, 0.29) is 4.90 Å². The number of aromatic nitrogens is 1. The van der Waals surface area contributed by atoms with Crippen LogP contribution in [0.2, 0.25) is 5.02 Å². The van der Waals surface area contributed by atoms with E-state index in [1.54, 1.807) is 30.3 Å². The van der Waals surface area contributed by atoms with Crippen molar-refractivity contribution in [2.45, 2.75) is 31.3 Å². The topological polar surface area (TPSA) is 74.0 Å². The van der Waals surface area contributed by atoms with Crippen LogP contribution in [0.3, 0.4) is 0 Å². The third-order valence-electron chi connectivity index (χ3n) is 2.80. The molecule has 1 heterocycles. The first-order chi connectivity index (χ1) is 9.87. The molecular weight excluding hydrogens is 310 g/mol. The number of nitrogens with one attached hydrogen (secondary N) is 3. The van der Waals surface area contributed by atoms with Crippen LogP contribution in [0.25, 0.3) is 0 Å². The maximum Gasteiger partial charge on any atom is 0.263 e. The van der Waals surface area contributed by atoms with E-state index in [4.69, 9.17) is 11.6 Å². The number of rotatable bonds is 6. The fraction of sp³-hybridized carbons (Fsp3) is 0.286. The molecule has 1 aromatic carbocycles. The predicted molar refractivity (Wildman–Crippen MR) is 85.0 cm³/mol. The highest BCUT2D eigenvalue weighted by Crippen LogP contribution is 2.19. The first-order valence-corrected chi connectivity index (χ1v) is 8.42. The Labute approximate surface area is 129 Å². The lowest BCUT2D eigenvalue weighted by Crippen LogP contribution is -2.21. The maximum absolute atomic E-state index is 12.3. The van der Waals surface area contributed by atoms with Gasteiger partial charge in [-0.2, -0.15) is 0 Å². The lowest BCUT2D eigenvalue weighted by molar-refractivity contribution is 0.582. The molecule has 3 N–H and O–H groups in total. The summed E-state index contributed by atoms with van der Waals surface area (Å²) < 4.78 is 27.0. The van der Waals surface area contributed by atoms with Gasteiger partial charge in [-0.05, 0) is 24.3 Å². The van der Waals surface area contributed by atoms with Gasteiger partial charge in [0, 0.05) is 29.5 Å². The summed E-state index contributed by atoms with van der Waals surface area (Å²) in [6, 6.07) is 8.53. The molecule has 21 heavy (non-hydrogen) atoms. The van der Waals surface area contributed by atoms with Crippen LogP contribution in [0.15, 0.2) is 41.4 Å². The quantitative estimate of drug-likeness (QED) is 0.763. The summed E-state index contributed by atoms with van der Waals surface area (Å²) in [7, 11) is -3.62. The standard InChI is InChI=1S/C14H18ClN3O2S/c1-10(2)16-8-13-7-14(9-17-13)21(19,20)18-12-5-3-4-11(15)6-12/h3-7,9-10,16-18H,8H2,1-2H3. The van der Waals surface area contributed by atoms with Gasteiger partial charge in [-0.15, -0.1) is 0 Å². The summed E-state index contributed by atoms with van der Waals surface area (Å²) in [5, 5.41) is 3.70. The molecule has 0 aliphatic carbocycles. The Kier molecular flexibility index (Phi) is 4.92. The fourth-order valence-electron chi connectivity index (χ4n) is 1.76. The Balaban J connectivity index is 2.12. The van der Waals surface area contributed by atoms with Crippen LogP contribution in [0.4, 0.5) is 5.69 Å². The number of aromatic amines is 1. The molecule has 0 atom stereocenters. The fourth-order valence-corrected chi connectivity index (χ4v) is 3.01. The first kappa shape index (κ1) is 15.9. The van der Waals surface area contributed by atoms with E-state index in [2.05, 4.69) is 15.0 Å². The van der Waals surface area contributed by atoms with Crippen molar-refractivity contribution in [3.8, 4) is 0 Å². The molecular formula is C14H18ClN3O2S. The van der Waals surface area contributed by atoms with Crippen LogP contribution >= 0.6 is 11.6 Å². The first-order valence-electron chi connectivity index (χ1n) is 6.56. The SMILES string of the molecule is CC(C)NCc1cc(S(=O)(=O)Nc2cccc(Cl)c2)c[nH]1. The number of anilines is 1. The molecule has 0 fully saturated rings. The zero-order valence-electron chi connectivity index (χ0n) is 11.9. The van der Waals surface area contributed by atoms with E-state index in [1.165, 1.54) is 6.20 Å². The summed E-state index contributed by atoms with van der Waals surface area (Å²) >= 11 is 5.85. The summed E-state index contributed by atoms with van der Waals surface area (Å²) in [5.74, 6) is 0. The van der Waals surface area contributed by atoms with Crippen LogP contribution in [-0.2, 0) is 16.6 Å². The normalized spacial score (nSPS) is 11.8. The van der Waals surface area contributed by atoms with Gasteiger partial charge in [-0.3, -0.25) is 4.72 Å². The van der Waals surface area contributed by atoms with Gasteiger partial charge in [0.25, 0.3) is 10.0 Å². The molecule has 0 aliphatic rings. The van der Waals surface area contributed by atoms with E-state index >= 15 is 0 Å². The Hall–Kier alpha value is -1.50. The summed E-state index contributed by atoms with van der Waals surface area (Å²) in [6.07, 6.45) is 1.48. The molecule has 1 aromatic heterocycles. The second-order valence-corrected chi connectivity index (χ2v) is 7.13. The molecule has 2 rings (SSSR count). The maximum atomic E-state index is 12.3. The van der Waals surface area contributed by atoms with Crippen LogP contribution in [0.5, 0.6) is 0 Å². The van der Waals surface area contributed by atoms with Crippen molar-refractivity contribution < 1.29 is 8.42 Å². The van der Waals surface area contributed by atoms with E-state index in [1.807, 2.05) is 13.8 Å². The van der Waals surface area contributed by atoms with Gasteiger partial charge < -0.3 is 10.3 Å². The number of sulfonamides is 1. The zero-order chi connectivity index (χ0) is 15.5. The minimum atomic E-state index is -3.62. The molecule has 0 bridgehead atoms. The lowest BCUT2D eigenvalue weighted by Gasteiger charge is -2.07. The Bertz CT molecular complexity index is 711. The number of hydrogen-bond acceptors (Lipinski definition) is 3. The Morgan fingerprint density at radius 1 is 1.29 bits per heavy atom. The molecule has 0 radical (unpaired) electrons. The van der Waals surface area contributed by atoms with Gasteiger partial charge in [0.05, 0.1) is 5.69 Å². The summed E-state index contributed by atoms with van der Waals surface area (Å²) in [4.78, 5) is 3.15. The van der Waals surface area contributed by atoms with Crippen molar-refractivity contribution in [1.82, 2.24) is 10.3 Å². The largest absolute Gasteiger partial charge is 0.363 e. The second-order valence-electron chi connectivity index (χ2n) is 5.01. The van der Waals surface area contributed by atoms with Crippen molar-refractivity contribution in [3.05, 3.63) is 47.2 Å². The number of H-pyrrole nitrogens is 1. The Morgan fingerprint density at radius 3 is 2.71 bits per heavy atom. The molecule has 0 unspecified atom stereocenters. The molecule has 0 amide bonds. The number of hydrogen-bond donors (Lipinski definition) is 3. The van der Waals surface area contributed by atoms with Gasteiger partial charge in [-0.1, -0.05) is 31.5 Å². The van der Waals surface area contributed by atoms with E-state index in [0.29, 0.717) is 23.3 Å². The van der Waals surface area contributed by atoms with Crippen molar-refractivity contribution in [3.63, 3.8) is 0 Å². The second kappa shape index (κ2) is 6.51. The third kappa shape index (κ3) is 4.49. The van der Waals surface area contributed by atoms with Crippen molar-refractivity contribution >= 4 is 27.3 Å². The summed E-state index contributed by atoms with van der Waals surface area (Å²) in [5.41, 5.74) is 1.25. The Morgan fingerprint density at radius 2 is 2.05 bits per heavy atom. The number of halogens is 1. The van der Waals surface area contributed by atoms with Crippen LogP contribution in [-0.4, -0.2) is 19.4 Å². The van der Waals surface area contributed by atoms with E-state index in [0.717, 1.165) is 5.69 Å². The average Bonchev–Trinajstić information content (AvgIpc) is 2.85. The van der Waals surface area contributed by atoms with Crippen molar-refractivity contribution in [2.24, 2.45) is 0 Å². The molecule has 7 heteroatoms. The van der Waals surface area contributed by atoms with Gasteiger partial charge in [-0.25, -0.2) is 8.42 Å². The molecule has 5 nitrogen and oxygen atoms in total. The van der Waals surface area contributed by atoms with Gasteiger partial charge in [0.2, 0.25) is 0 Å². The predicted octanol–water partition coefficient (Wildman–Crippen LogP) is 2.97. The van der Waals surface area contributed by atoms with Gasteiger partial charge >= 0.3 is 0 Å². The van der Waals surface area contributed by atoms with Crippen LogP contribution in [0, 0.1) is 0 Å². The number of benzene rings is 1. The minimum absolute atomic E-state index is 0.197. The highest BCUT2D eigenvalue weighted by Gasteiger charge is 2.16. The van der Waals surface area contributed by atoms with Crippen LogP contribution < -0.4 is 10.0 Å². The smallest absolute Gasteiger partial charge is 0.263 e. The third-order valence-corrected chi connectivity index (χ3v) is 4.40. The van der Waals surface area contributed by atoms with Crippen molar-refractivity contribution in [1.29, 1.82) is 0 Å². The van der Waals surface area contributed by atoms with E-state index in [9.17, 15) is 8.42 Å². The molecule has 0 saturated carbocycles.